The highest BCUT2D eigenvalue weighted by atomic mass is 79.9. The number of carbonyl (C=O) groups excluding carboxylic acids is 3. The van der Waals surface area contributed by atoms with Crippen LogP contribution < -0.4 is 5.32 Å². The first-order valence-corrected chi connectivity index (χ1v) is 8.53. The van der Waals surface area contributed by atoms with Crippen LogP contribution in [0.5, 0.6) is 0 Å². The molecule has 0 bridgehead atoms. The minimum Gasteiger partial charge on any atom is -0.454 e. The van der Waals surface area contributed by atoms with E-state index in [1.165, 1.54) is 6.07 Å². The van der Waals surface area contributed by atoms with Crippen molar-refractivity contribution in [2.24, 2.45) is 5.92 Å². The van der Waals surface area contributed by atoms with E-state index in [-0.39, 0.29) is 29.8 Å². The fourth-order valence-electron chi connectivity index (χ4n) is 1.94. The molecule has 0 atom stereocenters. The Balaban J connectivity index is 1.97. The highest BCUT2D eigenvalue weighted by molar-refractivity contribution is 9.10. The highest BCUT2D eigenvalue weighted by Crippen LogP contribution is 2.14. The zero-order valence-corrected chi connectivity index (χ0v) is 15.5. The molecule has 0 aliphatic rings. The number of halogens is 1. The van der Waals surface area contributed by atoms with Crippen molar-refractivity contribution in [3.63, 3.8) is 0 Å². The summed E-state index contributed by atoms with van der Waals surface area (Å²) in [6, 6.07) is 13.2. The lowest BCUT2D eigenvalue weighted by Gasteiger charge is -2.09. The zero-order chi connectivity index (χ0) is 18.4. The van der Waals surface area contributed by atoms with Crippen LogP contribution >= 0.6 is 15.9 Å². The number of carbonyl (C=O) groups is 3. The summed E-state index contributed by atoms with van der Waals surface area (Å²) in [6.45, 7) is 3.21. The van der Waals surface area contributed by atoms with Crippen LogP contribution in [0.25, 0.3) is 0 Å². The highest BCUT2D eigenvalue weighted by Gasteiger charge is 2.13. The summed E-state index contributed by atoms with van der Waals surface area (Å²) < 4.78 is 5.93. The van der Waals surface area contributed by atoms with Crippen molar-refractivity contribution < 1.29 is 19.1 Å². The molecule has 130 valence electrons. The monoisotopic (exact) mass is 403 g/mol. The molecule has 1 amide bonds. The minimum absolute atomic E-state index is 0.143. The Morgan fingerprint density at radius 3 is 2.36 bits per heavy atom. The van der Waals surface area contributed by atoms with Gasteiger partial charge in [0, 0.05) is 21.6 Å². The molecule has 1 N–H and O–H groups in total. The lowest BCUT2D eigenvalue weighted by molar-refractivity contribution is -0.118. The Morgan fingerprint density at radius 1 is 1.04 bits per heavy atom. The Bertz CT molecular complexity index is 784. The van der Waals surface area contributed by atoms with Gasteiger partial charge in [-0.15, -0.1) is 0 Å². The standard InChI is InChI=1S/C19H18BrNO4/c1-12(2)18(23)21-16-5-3-4-14(10-16)19(24)25-11-17(22)13-6-8-15(20)9-7-13/h3-10,12H,11H2,1-2H3,(H,21,23). The second-order valence-corrected chi connectivity index (χ2v) is 6.65. The van der Waals surface area contributed by atoms with Crippen LogP contribution in [0.1, 0.15) is 34.6 Å². The summed E-state index contributed by atoms with van der Waals surface area (Å²) in [6.07, 6.45) is 0. The molecule has 2 aromatic rings. The van der Waals surface area contributed by atoms with Crippen LogP contribution in [0.15, 0.2) is 53.0 Å². The van der Waals surface area contributed by atoms with Gasteiger partial charge < -0.3 is 10.1 Å². The van der Waals surface area contributed by atoms with E-state index in [9.17, 15) is 14.4 Å². The van der Waals surface area contributed by atoms with Crippen molar-refractivity contribution in [3.05, 3.63) is 64.1 Å². The van der Waals surface area contributed by atoms with Crippen LogP contribution in [0.2, 0.25) is 0 Å². The van der Waals surface area contributed by atoms with E-state index in [0.717, 1.165) is 4.47 Å². The number of rotatable bonds is 6. The van der Waals surface area contributed by atoms with E-state index in [4.69, 9.17) is 4.74 Å². The predicted molar refractivity (Wildman–Crippen MR) is 98.7 cm³/mol. The molecule has 0 heterocycles. The third-order valence-corrected chi connectivity index (χ3v) is 3.92. The summed E-state index contributed by atoms with van der Waals surface area (Å²) >= 11 is 3.29. The van der Waals surface area contributed by atoms with Crippen LogP contribution in [-0.2, 0) is 9.53 Å². The summed E-state index contributed by atoms with van der Waals surface area (Å²) in [5.74, 6) is -1.22. The molecule has 5 nitrogen and oxygen atoms in total. The minimum atomic E-state index is -0.619. The van der Waals surface area contributed by atoms with Crippen LogP contribution in [0.3, 0.4) is 0 Å². The van der Waals surface area contributed by atoms with Gasteiger partial charge in [0.05, 0.1) is 5.56 Å². The van der Waals surface area contributed by atoms with Gasteiger partial charge in [0.25, 0.3) is 0 Å². The maximum absolute atomic E-state index is 12.1. The van der Waals surface area contributed by atoms with Crippen molar-refractivity contribution in [1.82, 2.24) is 0 Å². The van der Waals surface area contributed by atoms with Gasteiger partial charge in [0.1, 0.15) is 0 Å². The van der Waals surface area contributed by atoms with Gasteiger partial charge in [-0.05, 0) is 30.3 Å². The molecule has 0 fully saturated rings. The van der Waals surface area contributed by atoms with Gasteiger partial charge in [-0.2, -0.15) is 0 Å². The Labute approximate surface area is 154 Å². The normalized spacial score (nSPS) is 10.4. The number of hydrogen-bond donors (Lipinski definition) is 1. The number of hydrogen-bond acceptors (Lipinski definition) is 4. The largest absolute Gasteiger partial charge is 0.454 e. The van der Waals surface area contributed by atoms with Gasteiger partial charge in [0.2, 0.25) is 5.91 Å². The molecule has 2 aromatic carbocycles. The second kappa shape index (κ2) is 8.58. The number of anilines is 1. The summed E-state index contributed by atoms with van der Waals surface area (Å²) in [5, 5.41) is 2.71. The summed E-state index contributed by atoms with van der Waals surface area (Å²) in [7, 11) is 0. The van der Waals surface area contributed by atoms with Gasteiger partial charge in [-0.3, -0.25) is 9.59 Å². The third kappa shape index (κ3) is 5.53. The van der Waals surface area contributed by atoms with E-state index < -0.39 is 5.97 Å². The molecule has 0 aromatic heterocycles. The lowest BCUT2D eigenvalue weighted by Crippen LogP contribution is -2.18. The smallest absolute Gasteiger partial charge is 0.338 e. The number of Topliss-reactive ketones (excluding diaryl/α,β-unsaturated/α-hetero) is 1. The van der Waals surface area contributed by atoms with Crippen molar-refractivity contribution in [2.75, 3.05) is 11.9 Å². The second-order valence-electron chi connectivity index (χ2n) is 5.73. The molecule has 6 heteroatoms. The number of amides is 1. The first-order valence-electron chi connectivity index (χ1n) is 7.73. The van der Waals surface area contributed by atoms with Crippen molar-refractivity contribution >= 4 is 39.3 Å². The molecule has 2 rings (SSSR count). The van der Waals surface area contributed by atoms with E-state index in [0.29, 0.717) is 11.3 Å². The molecule has 0 unspecified atom stereocenters. The first kappa shape index (κ1) is 18.9. The molecule has 0 aliphatic heterocycles. The topological polar surface area (TPSA) is 72.5 Å². The maximum atomic E-state index is 12.1. The predicted octanol–water partition coefficient (Wildman–Crippen LogP) is 4.08. The quantitative estimate of drug-likeness (QED) is 0.582. The molecule has 25 heavy (non-hydrogen) atoms. The average molecular weight is 404 g/mol. The molecule has 0 saturated heterocycles. The van der Waals surface area contributed by atoms with Crippen LogP contribution in [0, 0.1) is 5.92 Å². The number of benzene rings is 2. The summed E-state index contributed by atoms with van der Waals surface area (Å²) in [4.78, 5) is 35.9. The first-order chi connectivity index (χ1) is 11.9. The lowest BCUT2D eigenvalue weighted by atomic mass is 10.1. The molecule has 0 spiro atoms. The SMILES string of the molecule is CC(C)C(=O)Nc1cccc(C(=O)OCC(=O)c2ccc(Br)cc2)c1. The number of ether oxygens (including phenoxy) is 1. The van der Waals surface area contributed by atoms with Crippen molar-refractivity contribution in [1.29, 1.82) is 0 Å². The Morgan fingerprint density at radius 2 is 1.72 bits per heavy atom. The fourth-order valence-corrected chi connectivity index (χ4v) is 2.21. The van der Waals surface area contributed by atoms with Crippen LogP contribution in [0.4, 0.5) is 5.69 Å². The molecule has 0 radical (unpaired) electrons. The van der Waals surface area contributed by atoms with Gasteiger partial charge in [-0.25, -0.2) is 4.79 Å². The summed E-state index contributed by atoms with van der Waals surface area (Å²) in [5.41, 5.74) is 1.24. The molecular formula is C19H18BrNO4. The van der Waals surface area contributed by atoms with E-state index in [1.807, 2.05) is 0 Å². The zero-order valence-electron chi connectivity index (χ0n) is 13.9. The van der Waals surface area contributed by atoms with Crippen molar-refractivity contribution in [3.8, 4) is 0 Å². The number of nitrogens with one attached hydrogen (secondary N) is 1. The van der Waals surface area contributed by atoms with Gasteiger partial charge in [0.15, 0.2) is 12.4 Å². The fraction of sp³-hybridized carbons (Fsp3) is 0.211. The van der Waals surface area contributed by atoms with E-state index in [2.05, 4.69) is 21.2 Å². The molecular weight excluding hydrogens is 386 g/mol. The Kier molecular flexibility index (Phi) is 6.47. The van der Waals surface area contributed by atoms with E-state index in [1.54, 1.807) is 56.3 Å². The van der Waals surface area contributed by atoms with E-state index >= 15 is 0 Å². The van der Waals surface area contributed by atoms with Crippen LogP contribution in [-0.4, -0.2) is 24.3 Å². The van der Waals surface area contributed by atoms with Gasteiger partial charge in [-0.1, -0.05) is 48.0 Å². The number of esters is 1. The Hall–Kier alpha value is -2.47. The van der Waals surface area contributed by atoms with Crippen molar-refractivity contribution in [2.45, 2.75) is 13.8 Å². The molecule has 0 aliphatic carbocycles. The third-order valence-electron chi connectivity index (χ3n) is 3.39. The average Bonchev–Trinajstić information content (AvgIpc) is 2.60. The molecule has 0 saturated carbocycles. The van der Waals surface area contributed by atoms with Gasteiger partial charge >= 0.3 is 5.97 Å². The maximum Gasteiger partial charge on any atom is 0.338 e. The number of ketones is 1.